The van der Waals surface area contributed by atoms with Crippen LogP contribution >= 0.6 is 0 Å². The largest absolute Gasteiger partial charge is 0.363 e. The number of rotatable bonds is 4. The molecule has 146 valence electrons. The number of hydrogen-bond donors (Lipinski definition) is 0. The molecule has 0 aliphatic carbocycles. The number of pyridine rings is 2. The fraction of sp³-hybridized carbons (Fsp3) is 0.143. The summed E-state index contributed by atoms with van der Waals surface area (Å²) < 4.78 is 30.8. The van der Waals surface area contributed by atoms with Crippen molar-refractivity contribution in [1.29, 1.82) is 0 Å². The van der Waals surface area contributed by atoms with Crippen molar-refractivity contribution in [3.63, 3.8) is 0 Å². The Morgan fingerprint density at radius 1 is 0.966 bits per heavy atom. The summed E-state index contributed by atoms with van der Waals surface area (Å²) in [5.41, 5.74) is 0.997. The molecule has 3 heterocycles. The Hall–Kier alpha value is -3.68. The number of anilines is 1. The van der Waals surface area contributed by atoms with Crippen LogP contribution in [0.15, 0.2) is 59.8 Å². The van der Waals surface area contributed by atoms with Gasteiger partial charge in [-0.2, -0.15) is 0 Å². The smallest absolute Gasteiger partial charge is 0.270 e. The molecule has 0 amide bonds. The quantitative estimate of drug-likeness (QED) is 0.533. The molecule has 0 fully saturated rings. The number of fused-ring (bicyclic) bond motifs is 1. The first kappa shape index (κ1) is 18.7. The Morgan fingerprint density at radius 2 is 1.72 bits per heavy atom. The summed E-state index contributed by atoms with van der Waals surface area (Å²) in [6.07, 6.45) is 4.18. The van der Waals surface area contributed by atoms with Crippen LogP contribution in [0.3, 0.4) is 0 Å². The van der Waals surface area contributed by atoms with E-state index in [0.29, 0.717) is 16.6 Å². The van der Waals surface area contributed by atoms with Gasteiger partial charge < -0.3 is 4.90 Å². The Morgan fingerprint density at radius 3 is 2.38 bits per heavy atom. The molecule has 4 rings (SSSR count). The second-order valence-corrected chi connectivity index (χ2v) is 6.75. The molecule has 0 saturated carbocycles. The van der Waals surface area contributed by atoms with Crippen molar-refractivity contribution in [3.05, 3.63) is 82.5 Å². The van der Waals surface area contributed by atoms with Crippen LogP contribution in [0.1, 0.15) is 5.56 Å². The van der Waals surface area contributed by atoms with E-state index in [-0.39, 0.29) is 17.8 Å². The Labute approximate surface area is 165 Å². The van der Waals surface area contributed by atoms with E-state index in [4.69, 9.17) is 0 Å². The van der Waals surface area contributed by atoms with Crippen molar-refractivity contribution >= 4 is 17.0 Å². The third-order valence-corrected chi connectivity index (χ3v) is 4.60. The van der Waals surface area contributed by atoms with Crippen molar-refractivity contribution in [2.24, 2.45) is 0 Å². The maximum absolute atomic E-state index is 14.8. The zero-order valence-electron chi connectivity index (χ0n) is 15.8. The molecular weight excluding hydrogens is 376 g/mol. The molecular formula is C21H17F2N5O. The highest BCUT2D eigenvalue weighted by atomic mass is 19.1. The van der Waals surface area contributed by atoms with Gasteiger partial charge in [-0.15, -0.1) is 0 Å². The van der Waals surface area contributed by atoms with Gasteiger partial charge in [0.25, 0.3) is 5.56 Å². The van der Waals surface area contributed by atoms with Crippen molar-refractivity contribution in [2.75, 3.05) is 19.0 Å². The second kappa shape index (κ2) is 7.38. The zero-order valence-corrected chi connectivity index (χ0v) is 15.8. The molecule has 0 unspecified atom stereocenters. The molecule has 0 aliphatic heterocycles. The summed E-state index contributed by atoms with van der Waals surface area (Å²) in [6.45, 7) is -0.287. The van der Waals surface area contributed by atoms with E-state index < -0.39 is 17.2 Å². The average molecular weight is 393 g/mol. The fourth-order valence-electron chi connectivity index (χ4n) is 3.05. The number of aromatic nitrogens is 4. The monoisotopic (exact) mass is 393 g/mol. The molecule has 0 spiro atoms. The van der Waals surface area contributed by atoms with E-state index in [1.807, 2.05) is 19.0 Å². The normalized spacial score (nSPS) is 11.0. The van der Waals surface area contributed by atoms with Gasteiger partial charge in [-0.05, 0) is 42.0 Å². The minimum atomic E-state index is -0.746. The van der Waals surface area contributed by atoms with E-state index in [1.54, 1.807) is 30.5 Å². The van der Waals surface area contributed by atoms with Gasteiger partial charge in [0.2, 0.25) is 0 Å². The van der Waals surface area contributed by atoms with Crippen LogP contribution in [0, 0.1) is 11.6 Å². The summed E-state index contributed by atoms with van der Waals surface area (Å²) in [6, 6.07) is 9.36. The second-order valence-electron chi connectivity index (χ2n) is 6.75. The summed E-state index contributed by atoms with van der Waals surface area (Å²) in [7, 11) is 3.71. The molecule has 4 aromatic rings. The Balaban J connectivity index is 1.74. The lowest BCUT2D eigenvalue weighted by Crippen LogP contribution is -2.23. The highest BCUT2D eigenvalue weighted by Gasteiger charge is 2.16. The first-order valence-corrected chi connectivity index (χ1v) is 8.86. The van der Waals surface area contributed by atoms with E-state index in [1.165, 1.54) is 22.9 Å². The van der Waals surface area contributed by atoms with Crippen molar-refractivity contribution < 1.29 is 8.78 Å². The molecule has 0 N–H and O–H groups in total. The maximum atomic E-state index is 14.8. The molecule has 0 aliphatic rings. The van der Waals surface area contributed by atoms with Gasteiger partial charge in [0.05, 0.1) is 12.7 Å². The molecule has 0 bridgehead atoms. The lowest BCUT2D eigenvalue weighted by Gasteiger charge is -2.13. The van der Waals surface area contributed by atoms with Crippen molar-refractivity contribution in [2.45, 2.75) is 6.54 Å². The van der Waals surface area contributed by atoms with E-state index in [2.05, 4.69) is 15.0 Å². The van der Waals surface area contributed by atoms with Gasteiger partial charge in [0.15, 0.2) is 5.65 Å². The number of hydrogen-bond acceptors (Lipinski definition) is 5. The van der Waals surface area contributed by atoms with E-state index in [9.17, 15) is 13.6 Å². The zero-order chi connectivity index (χ0) is 20.5. The molecule has 1 aromatic carbocycles. The summed E-state index contributed by atoms with van der Waals surface area (Å²) >= 11 is 0. The van der Waals surface area contributed by atoms with Gasteiger partial charge in [0.1, 0.15) is 23.0 Å². The molecule has 0 radical (unpaired) electrons. The lowest BCUT2D eigenvalue weighted by molar-refractivity contribution is 0.544. The molecule has 3 aromatic heterocycles. The number of benzene rings is 1. The first-order chi connectivity index (χ1) is 13.9. The number of nitrogens with zero attached hydrogens (tertiary/aromatic N) is 5. The van der Waals surface area contributed by atoms with Gasteiger partial charge in [-0.3, -0.25) is 9.36 Å². The highest BCUT2D eigenvalue weighted by Crippen LogP contribution is 2.26. The third kappa shape index (κ3) is 3.56. The van der Waals surface area contributed by atoms with E-state index >= 15 is 0 Å². The lowest BCUT2D eigenvalue weighted by atomic mass is 10.0. The van der Waals surface area contributed by atoms with Gasteiger partial charge in [0, 0.05) is 37.6 Å². The topological polar surface area (TPSA) is 63.9 Å². The predicted molar refractivity (Wildman–Crippen MR) is 107 cm³/mol. The minimum absolute atomic E-state index is 0.216. The van der Waals surface area contributed by atoms with Gasteiger partial charge >= 0.3 is 0 Å². The van der Waals surface area contributed by atoms with Crippen molar-refractivity contribution in [1.82, 2.24) is 19.5 Å². The van der Waals surface area contributed by atoms with Crippen molar-refractivity contribution in [3.8, 4) is 11.1 Å². The van der Waals surface area contributed by atoms with Crippen LogP contribution < -0.4 is 10.5 Å². The van der Waals surface area contributed by atoms with Crippen LogP contribution in [-0.2, 0) is 6.54 Å². The standard InChI is InChI=1S/C21H17F2N5O/c1-27(2)19-6-5-13(10-26-19)14-8-16(22)15(17(23)9-14)12-28-20(29)11-25-18-4-3-7-24-21(18)28/h3-11H,12H2,1-2H3. The average Bonchev–Trinajstić information content (AvgIpc) is 2.72. The molecule has 6 nitrogen and oxygen atoms in total. The van der Waals surface area contributed by atoms with Crippen LogP contribution in [-0.4, -0.2) is 33.6 Å². The summed E-state index contributed by atoms with van der Waals surface area (Å²) in [4.78, 5) is 26.5. The predicted octanol–water partition coefficient (Wildman–Crippen LogP) is 3.25. The molecule has 0 saturated heterocycles. The molecule has 8 heteroatoms. The summed E-state index contributed by atoms with van der Waals surface area (Å²) in [5.74, 6) is -0.753. The van der Waals surface area contributed by atoms with Gasteiger partial charge in [-0.25, -0.2) is 23.7 Å². The molecule has 29 heavy (non-hydrogen) atoms. The van der Waals surface area contributed by atoms with Gasteiger partial charge in [-0.1, -0.05) is 0 Å². The van der Waals surface area contributed by atoms with Crippen LogP contribution in [0.2, 0.25) is 0 Å². The summed E-state index contributed by atoms with van der Waals surface area (Å²) in [5, 5.41) is 0. The minimum Gasteiger partial charge on any atom is -0.363 e. The molecule has 0 atom stereocenters. The Kier molecular flexibility index (Phi) is 4.75. The fourth-order valence-corrected chi connectivity index (χ4v) is 3.05. The maximum Gasteiger partial charge on any atom is 0.270 e. The Bertz CT molecular complexity index is 1230. The SMILES string of the molecule is CN(C)c1ccc(-c2cc(F)c(Cn3c(=O)cnc4cccnc43)c(F)c2)cn1. The van der Waals surface area contributed by atoms with Crippen LogP contribution in [0.5, 0.6) is 0 Å². The van der Waals surface area contributed by atoms with Crippen LogP contribution in [0.25, 0.3) is 22.3 Å². The third-order valence-electron chi connectivity index (χ3n) is 4.60. The number of halogens is 2. The van der Waals surface area contributed by atoms with Crippen LogP contribution in [0.4, 0.5) is 14.6 Å². The first-order valence-electron chi connectivity index (χ1n) is 8.86. The highest BCUT2D eigenvalue weighted by molar-refractivity contribution is 5.69. The van der Waals surface area contributed by atoms with E-state index in [0.717, 1.165) is 12.0 Å².